The summed E-state index contributed by atoms with van der Waals surface area (Å²) in [5.74, 6) is 0.231. The van der Waals surface area contributed by atoms with Crippen LogP contribution in [0.5, 0.6) is 0 Å². The lowest BCUT2D eigenvalue weighted by Gasteiger charge is -2.42. The predicted octanol–water partition coefficient (Wildman–Crippen LogP) is 1.93. The van der Waals surface area contributed by atoms with E-state index in [0.717, 1.165) is 24.3 Å². The van der Waals surface area contributed by atoms with Crippen molar-refractivity contribution in [1.82, 2.24) is 9.80 Å². The van der Waals surface area contributed by atoms with Crippen molar-refractivity contribution in [1.29, 1.82) is 0 Å². The monoisotopic (exact) mass is 309 g/mol. The van der Waals surface area contributed by atoms with Crippen LogP contribution < -0.4 is 5.73 Å². The van der Waals surface area contributed by atoms with Gasteiger partial charge in [0, 0.05) is 30.9 Å². The standard InChI is InChI=1S/C16H23N3O.ClH/c1-12-10-18-7-3-6-15(18)11-19(12)16(20)9-13-4-2-5-14(17)8-13;/h2,4-5,8,12,15H,3,6-7,9-11,17H2,1H3;1H. The van der Waals surface area contributed by atoms with Crippen LogP contribution in [0.2, 0.25) is 0 Å². The molecule has 2 fully saturated rings. The first-order valence-electron chi connectivity index (χ1n) is 7.51. The van der Waals surface area contributed by atoms with E-state index in [9.17, 15) is 4.79 Å². The molecule has 3 rings (SSSR count). The average Bonchev–Trinajstić information content (AvgIpc) is 2.84. The molecule has 2 aliphatic heterocycles. The van der Waals surface area contributed by atoms with Gasteiger partial charge in [-0.1, -0.05) is 12.1 Å². The minimum Gasteiger partial charge on any atom is -0.399 e. The zero-order chi connectivity index (χ0) is 14.1. The van der Waals surface area contributed by atoms with Gasteiger partial charge in [0.2, 0.25) is 5.91 Å². The Labute approximate surface area is 132 Å². The molecular formula is C16H24ClN3O. The molecule has 0 spiro atoms. The molecule has 116 valence electrons. The average molecular weight is 310 g/mol. The van der Waals surface area contributed by atoms with Crippen molar-refractivity contribution in [3.63, 3.8) is 0 Å². The summed E-state index contributed by atoms with van der Waals surface area (Å²) in [6.07, 6.45) is 2.96. The van der Waals surface area contributed by atoms with E-state index < -0.39 is 0 Å². The number of anilines is 1. The van der Waals surface area contributed by atoms with Crippen molar-refractivity contribution in [3.8, 4) is 0 Å². The van der Waals surface area contributed by atoms with Gasteiger partial charge in [0.1, 0.15) is 0 Å². The molecule has 5 heteroatoms. The lowest BCUT2D eigenvalue weighted by molar-refractivity contribution is -0.136. The maximum atomic E-state index is 12.5. The Kier molecular flexibility index (Phi) is 5.12. The highest BCUT2D eigenvalue weighted by molar-refractivity contribution is 5.85. The van der Waals surface area contributed by atoms with Gasteiger partial charge in [-0.05, 0) is 44.0 Å². The van der Waals surface area contributed by atoms with E-state index in [0.29, 0.717) is 18.5 Å². The van der Waals surface area contributed by atoms with Crippen molar-refractivity contribution in [2.45, 2.75) is 38.3 Å². The fourth-order valence-corrected chi connectivity index (χ4v) is 3.51. The van der Waals surface area contributed by atoms with Gasteiger partial charge in [0.15, 0.2) is 0 Å². The predicted molar refractivity (Wildman–Crippen MR) is 87.6 cm³/mol. The Morgan fingerprint density at radius 2 is 2.19 bits per heavy atom. The number of nitrogen functional groups attached to an aromatic ring is 1. The summed E-state index contributed by atoms with van der Waals surface area (Å²) in [5, 5.41) is 0. The number of halogens is 1. The molecule has 0 saturated carbocycles. The first kappa shape index (κ1) is 16.1. The minimum atomic E-state index is 0. The summed E-state index contributed by atoms with van der Waals surface area (Å²) < 4.78 is 0. The van der Waals surface area contributed by atoms with Crippen LogP contribution in [0.25, 0.3) is 0 Å². The lowest BCUT2D eigenvalue weighted by Crippen LogP contribution is -2.57. The fourth-order valence-electron chi connectivity index (χ4n) is 3.51. The summed E-state index contributed by atoms with van der Waals surface area (Å²) >= 11 is 0. The maximum absolute atomic E-state index is 12.5. The first-order chi connectivity index (χ1) is 9.63. The van der Waals surface area contributed by atoms with Crippen molar-refractivity contribution >= 4 is 24.0 Å². The minimum absolute atomic E-state index is 0. The summed E-state index contributed by atoms with van der Waals surface area (Å²) in [7, 11) is 0. The number of piperazine rings is 1. The number of nitrogens with zero attached hydrogens (tertiary/aromatic N) is 2. The lowest BCUT2D eigenvalue weighted by atomic mass is 10.1. The quantitative estimate of drug-likeness (QED) is 0.849. The summed E-state index contributed by atoms with van der Waals surface area (Å²) in [5.41, 5.74) is 7.51. The van der Waals surface area contributed by atoms with Crippen LogP contribution in [0.4, 0.5) is 5.69 Å². The number of hydrogen-bond donors (Lipinski definition) is 1. The second-order valence-corrected chi connectivity index (χ2v) is 6.11. The van der Waals surface area contributed by atoms with E-state index in [-0.39, 0.29) is 18.3 Å². The number of carbonyl (C=O) groups excluding carboxylic acids is 1. The van der Waals surface area contributed by atoms with E-state index in [2.05, 4.69) is 16.7 Å². The number of carbonyl (C=O) groups is 1. The highest BCUT2D eigenvalue weighted by atomic mass is 35.5. The Bertz CT molecular complexity index is 508. The zero-order valence-corrected chi connectivity index (χ0v) is 13.3. The van der Waals surface area contributed by atoms with Crippen LogP contribution in [0.1, 0.15) is 25.3 Å². The van der Waals surface area contributed by atoms with Crippen LogP contribution >= 0.6 is 12.4 Å². The Hall–Kier alpha value is -1.26. The maximum Gasteiger partial charge on any atom is 0.227 e. The van der Waals surface area contributed by atoms with Crippen molar-refractivity contribution in [2.75, 3.05) is 25.4 Å². The number of benzene rings is 1. The molecule has 0 radical (unpaired) electrons. The summed E-state index contributed by atoms with van der Waals surface area (Å²) in [4.78, 5) is 17.1. The highest BCUT2D eigenvalue weighted by Gasteiger charge is 2.36. The van der Waals surface area contributed by atoms with Crippen molar-refractivity contribution in [3.05, 3.63) is 29.8 Å². The second kappa shape index (κ2) is 6.67. The third kappa shape index (κ3) is 3.50. The van der Waals surface area contributed by atoms with E-state index in [1.807, 2.05) is 24.3 Å². The highest BCUT2D eigenvalue weighted by Crippen LogP contribution is 2.25. The molecule has 2 atom stereocenters. The summed E-state index contributed by atoms with van der Waals surface area (Å²) in [6, 6.07) is 8.54. The van der Waals surface area contributed by atoms with E-state index >= 15 is 0 Å². The van der Waals surface area contributed by atoms with Gasteiger partial charge in [-0.25, -0.2) is 0 Å². The molecule has 4 nitrogen and oxygen atoms in total. The number of nitrogens with two attached hydrogens (primary N) is 1. The molecule has 2 saturated heterocycles. The molecule has 1 aromatic carbocycles. The van der Waals surface area contributed by atoms with Gasteiger partial charge in [-0.3, -0.25) is 9.69 Å². The summed E-state index contributed by atoms with van der Waals surface area (Å²) in [6.45, 7) is 5.27. The van der Waals surface area contributed by atoms with E-state index in [4.69, 9.17) is 5.73 Å². The SMILES string of the molecule is CC1CN2CCCC2CN1C(=O)Cc1cccc(N)c1.Cl. The molecule has 0 bridgehead atoms. The van der Waals surface area contributed by atoms with Gasteiger partial charge >= 0.3 is 0 Å². The molecule has 0 aliphatic carbocycles. The third-order valence-corrected chi connectivity index (χ3v) is 4.56. The van der Waals surface area contributed by atoms with Crippen LogP contribution in [-0.4, -0.2) is 47.4 Å². The van der Waals surface area contributed by atoms with Gasteiger partial charge in [-0.15, -0.1) is 12.4 Å². The van der Waals surface area contributed by atoms with Crippen molar-refractivity contribution < 1.29 is 4.79 Å². The molecule has 2 aliphatic rings. The van der Waals surface area contributed by atoms with Crippen molar-refractivity contribution in [2.24, 2.45) is 0 Å². The number of hydrogen-bond acceptors (Lipinski definition) is 3. The van der Waals surface area contributed by atoms with Crippen LogP contribution in [0.3, 0.4) is 0 Å². The topological polar surface area (TPSA) is 49.6 Å². The van der Waals surface area contributed by atoms with Gasteiger partial charge in [0.25, 0.3) is 0 Å². The molecule has 2 heterocycles. The molecule has 0 aromatic heterocycles. The second-order valence-electron chi connectivity index (χ2n) is 6.11. The van der Waals surface area contributed by atoms with E-state index in [1.54, 1.807) is 0 Å². The molecule has 1 amide bonds. The Morgan fingerprint density at radius 3 is 2.95 bits per heavy atom. The largest absolute Gasteiger partial charge is 0.399 e. The van der Waals surface area contributed by atoms with Crippen LogP contribution in [-0.2, 0) is 11.2 Å². The zero-order valence-electron chi connectivity index (χ0n) is 12.5. The normalized spacial score (nSPS) is 25.3. The van der Waals surface area contributed by atoms with Crippen LogP contribution in [0, 0.1) is 0 Å². The smallest absolute Gasteiger partial charge is 0.227 e. The first-order valence-corrected chi connectivity index (χ1v) is 7.51. The molecule has 21 heavy (non-hydrogen) atoms. The van der Waals surface area contributed by atoms with Gasteiger partial charge in [0.05, 0.1) is 6.42 Å². The molecule has 2 N–H and O–H groups in total. The Morgan fingerprint density at radius 1 is 1.38 bits per heavy atom. The van der Waals surface area contributed by atoms with Crippen LogP contribution in [0.15, 0.2) is 24.3 Å². The fraction of sp³-hybridized carbons (Fsp3) is 0.562. The van der Waals surface area contributed by atoms with E-state index in [1.165, 1.54) is 19.4 Å². The number of rotatable bonds is 2. The molecule has 2 unspecified atom stereocenters. The number of fused-ring (bicyclic) bond motifs is 1. The molecule has 1 aromatic rings. The third-order valence-electron chi connectivity index (χ3n) is 4.56. The van der Waals surface area contributed by atoms with Gasteiger partial charge < -0.3 is 10.6 Å². The Balaban J connectivity index is 0.00000161. The molecular weight excluding hydrogens is 286 g/mol. The van der Waals surface area contributed by atoms with Gasteiger partial charge in [-0.2, -0.15) is 0 Å². The number of amides is 1.